The number of hydrogen-bond acceptors (Lipinski definition) is 1. The van der Waals surface area contributed by atoms with E-state index in [1.54, 1.807) is 0 Å². The molecule has 0 N–H and O–H groups in total. The largest absolute Gasteiger partial charge is 0.310 e. The maximum atomic E-state index is 2.51. The van der Waals surface area contributed by atoms with Crippen LogP contribution in [-0.4, -0.2) is 0 Å². The molecule has 0 heterocycles. The summed E-state index contributed by atoms with van der Waals surface area (Å²) in [6.45, 7) is 4.59. The van der Waals surface area contributed by atoms with Crippen molar-refractivity contribution in [3.8, 4) is 22.3 Å². The first kappa shape index (κ1) is 32.9. The summed E-state index contributed by atoms with van der Waals surface area (Å²) in [6.07, 6.45) is 0. The lowest BCUT2D eigenvalue weighted by molar-refractivity contribution is 0.768. The van der Waals surface area contributed by atoms with Gasteiger partial charge in [-0.1, -0.05) is 184 Å². The van der Waals surface area contributed by atoms with Crippen molar-refractivity contribution < 1.29 is 0 Å². The second kappa shape index (κ2) is 13.3. The van der Waals surface area contributed by atoms with E-state index in [1.807, 2.05) is 0 Å². The third-order valence-corrected chi connectivity index (χ3v) is 11.7. The fourth-order valence-corrected chi connectivity index (χ4v) is 9.19. The van der Waals surface area contributed by atoms with E-state index >= 15 is 0 Å². The van der Waals surface area contributed by atoms with Crippen LogP contribution in [0.5, 0.6) is 0 Å². The molecule has 0 unspecified atom stereocenters. The first-order chi connectivity index (χ1) is 27.1. The second-order valence-electron chi connectivity index (χ2n) is 15.1. The smallest absolute Gasteiger partial charge is 0.0714 e. The molecule has 9 aromatic rings. The molecule has 55 heavy (non-hydrogen) atoms. The Morgan fingerprint density at radius 3 is 1.56 bits per heavy atom. The molecule has 0 amide bonds. The van der Waals surface area contributed by atoms with Gasteiger partial charge >= 0.3 is 0 Å². The lowest BCUT2D eigenvalue weighted by atomic mass is 9.67. The summed E-state index contributed by atoms with van der Waals surface area (Å²) >= 11 is 0. The average molecular weight is 704 g/mol. The molecule has 0 saturated carbocycles. The average Bonchev–Trinajstić information content (AvgIpc) is 3.54. The maximum absolute atomic E-state index is 2.51. The van der Waals surface area contributed by atoms with Gasteiger partial charge < -0.3 is 4.90 Å². The van der Waals surface area contributed by atoms with Crippen LogP contribution in [0, 0.1) is 0 Å². The molecular formula is C54H41N. The Morgan fingerprint density at radius 2 is 0.873 bits per heavy atom. The lowest BCUT2D eigenvalue weighted by Crippen LogP contribution is -2.28. The molecule has 0 aliphatic heterocycles. The molecule has 0 bridgehead atoms. The van der Waals surface area contributed by atoms with Crippen molar-refractivity contribution in [2.45, 2.75) is 25.2 Å². The number of benzene rings is 9. The molecule has 0 spiro atoms. The van der Waals surface area contributed by atoms with Gasteiger partial charge in [-0.25, -0.2) is 0 Å². The highest BCUT2D eigenvalue weighted by Gasteiger charge is 2.46. The zero-order chi connectivity index (χ0) is 36.9. The highest BCUT2D eigenvalue weighted by molar-refractivity contribution is 6.01. The molecule has 0 aromatic heterocycles. The Hall–Kier alpha value is -6.70. The minimum atomic E-state index is -0.504. The Balaban J connectivity index is 1.31. The van der Waals surface area contributed by atoms with Crippen molar-refractivity contribution in [3.63, 3.8) is 0 Å². The molecule has 0 atom stereocenters. The van der Waals surface area contributed by atoms with Gasteiger partial charge in [-0.3, -0.25) is 0 Å². The van der Waals surface area contributed by atoms with Gasteiger partial charge in [0.1, 0.15) is 0 Å². The third-order valence-electron chi connectivity index (χ3n) is 11.7. The Labute approximate surface area is 323 Å². The normalized spacial score (nSPS) is 12.9. The van der Waals surface area contributed by atoms with Crippen LogP contribution in [-0.2, 0) is 5.41 Å². The molecule has 9 aromatic carbocycles. The van der Waals surface area contributed by atoms with Crippen LogP contribution < -0.4 is 4.90 Å². The summed E-state index contributed by atoms with van der Waals surface area (Å²) < 4.78 is 0. The van der Waals surface area contributed by atoms with Crippen LogP contribution in [0.15, 0.2) is 206 Å². The fraction of sp³-hybridized carbons (Fsp3) is 0.0741. The monoisotopic (exact) mass is 703 g/mol. The molecule has 0 fully saturated rings. The van der Waals surface area contributed by atoms with Crippen molar-refractivity contribution in [1.82, 2.24) is 0 Å². The van der Waals surface area contributed by atoms with Gasteiger partial charge in [0.25, 0.3) is 0 Å². The van der Waals surface area contributed by atoms with Gasteiger partial charge in [-0.05, 0) is 108 Å². The second-order valence-corrected chi connectivity index (χ2v) is 15.1. The van der Waals surface area contributed by atoms with E-state index in [1.165, 1.54) is 71.6 Å². The molecule has 1 heteroatoms. The van der Waals surface area contributed by atoms with Crippen molar-refractivity contribution in [2.24, 2.45) is 0 Å². The summed E-state index contributed by atoms with van der Waals surface area (Å²) in [5.41, 5.74) is 14.4. The fourth-order valence-electron chi connectivity index (χ4n) is 9.19. The molecule has 1 aliphatic rings. The Morgan fingerprint density at radius 1 is 0.364 bits per heavy atom. The van der Waals surface area contributed by atoms with Crippen molar-refractivity contribution in [2.75, 3.05) is 4.90 Å². The van der Waals surface area contributed by atoms with Gasteiger partial charge in [0.15, 0.2) is 0 Å². The molecule has 1 aliphatic carbocycles. The van der Waals surface area contributed by atoms with E-state index in [9.17, 15) is 0 Å². The van der Waals surface area contributed by atoms with E-state index in [0.717, 1.165) is 17.1 Å². The van der Waals surface area contributed by atoms with Crippen LogP contribution >= 0.6 is 0 Å². The van der Waals surface area contributed by atoms with Crippen LogP contribution in [0.3, 0.4) is 0 Å². The van der Waals surface area contributed by atoms with E-state index in [-0.39, 0.29) is 0 Å². The zero-order valence-electron chi connectivity index (χ0n) is 31.2. The third kappa shape index (κ3) is 5.30. The lowest BCUT2D eigenvalue weighted by Gasteiger charge is -2.35. The minimum absolute atomic E-state index is 0.362. The topological polar surface area (TPSA) is 3.24 Å². The van der Waals surface area contributed by atoms with E-state index in [2.05, 4.69) is 225 Å². The van der Waals surface area contributed by atoms with Gasteiger partial charge in [-0.2, -0.15) is 0 Å². The van der Waals surface area contributed by atoms with Crippen LogP contribution in [0.4, 0.5) is 17.1 Å². The zero-order valence-corrected chi connectivity index (χ0v) is 31.2. The summed E-state index contributed by atoms with van der Waals surface area (Å²) in [5.74, 6) is 0.362. The molecule has 262 valence electrons. The van der Waals surface area contributed by atoms with E-state index in [4.69, 9.17) is 0 Å². The Bertz CT molecular complexity index is 2810. The van der Waals surface area contributed by atoms with Gasteiger partial charge in [0.2, 0.25) is 0 Å². The van der Waals surface area contributed by atoms with E-state index in [0.29, 0.717) is 5.92 Å². The summed E-state index contributed by atoms with van der Waals surface area (Å²) in [7, 11) is 0. The van der Waals surface area contributed by atoms with Crippen LogP contribution in [0.2, 0.25) is 0 Å². The quantitative estimate of drug-likeness (QED) is 0.160. The van der Waals surface area contributed by atoms with Crippen molar-refractivity contribution >= 4 is 38.6 Å². The number of nitrogens with zero attached hydrogens (tertiary/aromatic N) is 1. The van der Waals surface area contributed by atoms with Crippen molar-refractivity contribution in [3.05, 3.63) is 234 Å². The SMILES string of the molecule is CC(C)c1ccccc1-c1cc2ccccc2cc1N(c1ccc2c(c1)C(c1ccccc1)(c1ccccc1)c1ccccc1-2)c1ccc2ccccc2c1. The number of rotatable bonds is 7. The summed E-state index contributed by atoms with van der Waals surface area (Å²) in [6, 6.07) is 76.5. The number of anilines is 3. The summed E-state index contributed by atoms with van der Waals surface area (Å²) in [5, 5.41) is 4.89. The highest BCUT2D eigenvalue weighted by atomic mass is 15.1. The highest BCUT2D eigenvalue weighted by Crippen LogP contribution is 2.57. The van der Waals surface area contributed by atoms with Gasteiger partial charge in [0, 0.05) is 16.9 Å². The minimum Gasteiger partial charge on any atom is -0.310 e. The molecule has 0 radical (unpaired) electrons. The molecule has 10 rings (SSSR count). The Kier molecular flexibility index (Phi) is 7.96. The van der Waals surface area contributed by atoms with Gasteiger partial charge in [-0.15, -0.1) is 0 Å². The molecule has 0 saturated heterocycles. The first-order valence-corrected chi connectivity index (χ1v) is 19.4. The molecule has 1 nitrogen and oxygen atoms in total. The summed E-state index contributed by atoms with van der Waals surface area (Å²) in [4.78, 5) is 2.51. The predicted molar refractivity (Wildman–Crippen MR) is 233 cm³/mol. The number of fused-ring (bicyclic) bond motifs is 5. The van der Waals surface area contributed by atoms with Crippen LogP contribution in [0.1, 0.15) is 47.6 Å². The van der Waals surface area contributed by atoms with E-state index < -0.39 is 5.41 Å². The molecular weight excluding hydrogens is 663 g/mol. The maximum Gasteiger partial charge on any atom is 0.0714 e. The van der Waals surface area contributed by atoms with Crippen molar-refractivity contribution in [1.29, 1.82) is 0 Å². The van der Waals surface area contributed by atoms with Crippen LogP contribution in [0.25, 0.3) is 43.8 Å². The standard InChI is InChI=1S/C54H41N/c1-37(2)46-25-13-14-26-47(46)50-34-40-19-11-12-20-41(40)35-53(50)55(44-30-29-38-17-9-10-18-39(38)33-44)45-31-32-49-48-27-15-16-28-51(48)54(52(49)36-45,42-21-5-3-6-22-42)43-23-7-4-8-24-43/h3-37H,1-2H3. The first-order valence-electron chi connectivity index (χ1n) is 19.4. The number of hydrogen-bond donors (Lipinski definition) is 0. The van der Waals surface area contributed by atoms with Gasteiger partial charge in [0.05, 0.1) is 11.1 Å². The predicted octanol–water partition coefficient (Wildman–Crippen LogP) is 14.6.